The molecule has 0 bridgehead atoms. The Kier molecular flexibility index (Phi) is 6.79. The Morgan fingerprint density at radius 3 is 2.50 bits per heavy atom. The van der Waals surface area contributed by atoms with E-state index < -0.39 is 5.60 Å². The van der Waals surface area contributed by atoms with Crippen LogP contribution in [-0.4, -0.2) is 66.4 Å². The van der Waals surface area contributed by atoms with E-state index in [0.717, 1.165) is 42.1 Å². The molecule has 8 nitrogen and oxygen atoms in total. The Balaban J connectivity index is 1.55. The molecule has 1 aliphatic heterocycles. The van der Waals surface area contributed by atoms with Gasteiger partial charge in [0.05, 0.1) is 24.9 Å². The molecule has 9 heteroatoms. The number of rotatable bonds is 4. The quantitative estimate of drug-likeness (QED) is 0.510. The molecule has 182 valence electrons. The van der Waals surface area contributed by atoms with Gasteiger partial charge in [-0.1, -0.05) is 11.6 Å². The zero-order valence-corrected chi connectivity index (χ0v) is 21.1. The summed E-state index contributed by atoms with van der Waals surface area (Å²) in [5, 5.41) is 0.496. The summed E-state index contributed by atoms with van der Waals surface area (Å²) in [4.78, 5) is 21.4. The van der Waals surface area contributed by atoms with Crippen molar-refractivity contribution in [2.24, 2.45) is 0 Å². The summed E-state index contributed by atoms with van der Waals surface area (Å²) < 4.78 is 18.4. The summed E-state index contributed by atoms with van der Waals surface area (Å²) in [6.07, 6.45) is 4.56. The molecular weight excluding hydrogens is 456 g/mol. The summed E-state index contributed by atoms with van der Waals surface area (Å²) >= 11 is 6.36. The SMILES string of the molecule is COc1cc(OC)c(-c2cn3ccc(N4CCCN(C(=O)OC(C)(C)C)CC4)cc3n2)cc1Cl. The largest absolute Gasteiger partial charge is 0.496 e. The predicted octanol–water partition coefficient (Wildman–Crippen LogP) is 5.12. The van der Waals surface area contributed by atoms with Crippen LogP contribution >= 0.6 is 11.6 Å². The first-order chi connectivity index (χ1) is 16.2. The Morgan fingerprint density at radius 1 is 1.03 bits per heavy atom. The number of hydrogen-bond acceptors (Lipinski definition) is 6. The molecule has 0 saturated carbocycles. The third-order valence-electron chi connectivity index (χ3n) is 5.71. The van der Waals surface area contributed by atoms with Crippen LogP contribution in [0.25, 0.3) is 16.9 Å². The number of carbonyl (C=O) groups excluding carboxylic acids is 1. The minimum atomic E-state index is -0.497. The maximum atomic E-state index is 12.5. The lowest BCUT2D eigenvalue weighted by Crippen LogP contribution is -2.39. The first-order valence-electron chi connectivity index (χ1n) is 11.3. The Bertz CT molecular complexity index is 1190. The number of pyridine rings is 1. The Labute approximate surface area is 205 Å². The predicted molar refractivity (Wildman–Crippen MR) is 133 cm³/mol. The van der Waals surface area contributed by atoms with Gasteiger partial charge >= 0.3 is 6.09 Å². The molecular formula is C25H31ClN4O4. The van der Waals surface area contributed by atoms with Crippen molar-refractivity contribution in [3.8, 4) is 22.8 Å². The number of ether oxygens (including phenoxy) is 3. The normalized spacial score (nSPS) is 14.8. The monoisotopic (exact) mass is 486 g/mol. The summed E-state index contributed by atoms with van der Waals surface area (Å²) in [6.45, 7) is 8.53. The van der Waals surface area contributed by atoms with Crippen LogP contribution in [-0.2, 0) is 4.74 Å². The number of methoxy groups -OCH3 is 2. The highest BCUT2D eigenvalue weighted by Crippen LogP contribution is 2.38. The number of halogens is 1. The van der Waals surface area contributed by atoms with Crippen LogP contribution in [0.2, 0.25) is 5.02 Å². The van der Waals surface area contributed by atoms with Crippen molar-refractivity contribution >= 4 is 29.0 Å². The molecule has 0 unspecified atom stereocenters. The van der Waals surface area contributed by atoms with Gasteiger partial charge in [0.1, 0.15) is 22.7 Å². The van der Waals surface area contributed by atoms with E-state index in [0.29, 0.717) is 29.6 Å². The zero-order chi connectivity index (χ0) is 24.5. The number of hydrogen-bond donors (Lipinski definition) is 0. The van der Waals surface area contributed by atoms with Gasteiger partial charge in [0.2, 0.25) is 0 Å². The lowest BCUT2D eigenvalue weighted by molar-refractivity contribution is 0.0263. The van der Waals surface area contributed by atoms with E-state index >= 15 is 0 Å². The standard InChI is InChI=1S/C25H31ClN4O4/c1-25(2,3)34-24(31)29-9-6-8-28(11-12-29)17-7-10-30-16-20(27-23(30)13-17)18-14-19(26)22(33-5)15-21(18)32-4/h7,10,13-16H,6,8-9,11-12H2,1-5H3. The Morgan fingerprint density at radius 2 is 1.79 bits per heavy atom. The highest BCUT2D eigenvalue weighted by atomic mass is 35.5. The summed E-state index contributed by atoms with van der Waals surface area (Å²) in [6, 6.07) is 7.70. The van der Waals surface area contributed by atoms with Gasteiger partial charge in [-0.15, -0.1) is 0 Å². The number of nitrogens with zero attached hydrogens (tertiary/aromatic N) is 4. The van der Waals surface area contributed by atoms with Crippen LogP contribution in [0.3, 0.4) is 0 Å². The summed E-state index contributed by atoms with van der Waals surface area (Å²) in [5.41, 5.74) is 2.93. The summed E-state index contributed by atoms with van der Waals surface area (Å²) in [7, 11) is 3.18. The highest BCUT2D eigenvalue weighted by molar-refractivity contribution is 6.32. The molecule has 1 saturated heterocycles. The number of imidazole rings is 1. The number of aromatic nitrogens is 2. The molecule has 1 aromatic carbocycles. The fourth-order valence-corrected chi connectivity index (χ4v) is 4.28. The lowest BCUT2D eigenvalue weighted by atomic mass is 10.1. The maximum absolute atomic E-state index is 12.5. The van der Waals surface area contributed by atoms with Crippen molar-refractivity contribution in [2.75, 3.05) is 45.3 Å². The average molecular weight is 487 g/mol. The Hall–Kier alpha value is -3.13. The van der Waals surface area contributed by atoms with Crippen molar-refractivity contribution in [1.29, 1.82) is 0 Å². The van der Waals surface area contributed by atoms with Crippen LogP contribution in [0.1, 0.15) is 27.2 Å². The lowest BCUT2D eigenvalue weighted by Gasteiger charge is -2.27. The first-order valence-corrected chi connectivity index (χ1v) is 11.7. The number of anilines is 1. The molecule has 1 fully saturated rings. The molecule has 3 aromatic rings. The molecule has 3 heterocycles. The molecule has 0 radical (unpaired) electrons. The van der Waals surface area contributed by atoms with E-state index in [4.69, 9.17) is 30.8 Å². The fraction of sp³-hybridized carbons (Fsp3) is 0.440. The van der Waals surface area contributed by atoms with Crippen LogP contribution in [0.5, 0.6) is 11.5 Å². The van der Waals surface area contributed by atoms with Crippen LogP contribution < -0.4 is 14.4 Å². The van der Waals surface area contributed by atoms with Gasteiger partial charge in [0, 0.05) is 62.0 Å². The highest BCUT2D eigenvalue weighted by Gasteiger charge is 2.25. The van der Waals surface area contributed by atoms with E-state index in [-0.39, 0.29) is 6.09 Å². The smallest absolute Gasteiger partial charge is 0.410 e. The second-order valence-corrected chi connectivity index (χ2v) is 9.68. The van der Waals surface area contributed by atoms with E-state index in [1.165, 1.54) is 0 Å². The van der Waals surface area contributed by atoms with Crippen molar-refractivity contribution in [3.05, 3.63) is 41.7 Å². The van der Waals surface area contributed by atoms with Gasteiger partial charge in [-0.05, 0) is 39.3 Å². The fourth-order valence-electron chi connectivity index (χ4n) is 4.04. The van der Waals surface area contributed by atoms with Crippen LogP contribution in [0, 0.1) is 0 Å². The molecule has 0 atom stereocenters. The topological polar surface area (TPSA) is 68.5 Å². The van der Waals surface area contributed by atoms with E-state index in [2.05, 4.69) is 17.0 Å². The first kappa shape index (κ1) is 24.0. The van der Waals surface area contributed by atoms with Crippen molar-refractivity contribution in [2.45, 2.75) is 32.8 Å². The second-order valence-electron chi connectivity index (χ2n) is 9.27. The number of carbonyl (C=O) groups is 1. The molecule has 0 N–H and O–H groups in total. The van der Waals surface area contributed by atoms with Crippen molar-refractivity contribution in [1.82, 2.24) is 14.3 Å². The zero-order valence-electron chi connectivity index (χ0n) is 20.3. The maximum Gasteiger partial charge on any atom is 0.410 e. The third-order valence-corrected chi connectivity index (χ3v) is 6.00. The van der Waals surface area contributed by atoms with E-state index in [1.54, 1.807) is 25.2 Å². The minimum Gasteiger partial charge on any atom is -0.496 e. The molecule has 34 heavy (non-hydrogen) atoms. The van der Waals surface area contributed by atoms with E-state index in [9.17, 15) is 4.79 Å². The third kappa shape index (κ3) is 5.17. The van der Waals surface area contributed by atoms with Gasteiger partial charge in [0.15, 0.2) is 0 Å². The van der Waals surface area contributed by atoms with Crippen LogP contribution in [0.15, 0.2) is 36.7 Å². The number of fused-ring (bicyclic) bond motifs is 1. The second kappa shape index (κ2) is 9.62. The molecule has 1 amide bonds. The molecule has 4 rings (SSSR count). The van der Waals surface area contributed by atoms with Gasteiger partial charge in [-0.3, -0.25) is 0 Å². The summed E-state index contributed by atoms with van der Waals surface area (Å²) in [5.74, 6) is 1.19. The molecule has 0 spiro atoms. The molecule has 1 aliphatic rings. The number of amides is 1. The molecule has 0 aliphatic carbocycles. The van der Waals surface area contributed by atoms with Crippen LogP contribution in [0.4, 0.5) is 10.5 Å². The van der Waals surface area contributed by atoms with Gasteiger partial charge in [0.25, 0.3) is 0 Å². The molecule has 2 aromatic heterocycles. The van der Waals surface area contributed by atoms with Crippen molar-refractivity contribution in [3.63, 3.8) is 0 Å². The van der Waals surface area contributed by atoms with Gasteiger partial charge < -0.3 is 28.4 Å². The number of benzene rings is 1. The minimum absolute atomic E-state index is 0.255. The average Bonchev–Trinajstić information content (AvgIpc) is 3.05. The van der Waals surface area contributed by atoms with Gasteiger partial charge in [-0.2, -0.15) is 0 Å². The van der Waals surface area contributed by atoms with Crippen molar-refractivity contribution < 1.29 is 19.0 Å². The van der Waals surface area contributed by atoms with Gasteiger partial charge in [-0.25, -0.2) is 9.78 Å². The van der Waals surface area contributed by atoms with E-state index in [1.807, 2.05) is 43.6 Å².